The van der Waals surface area contributed by atoms with Gasteiger partial charge in [-0.3, -0.25) is 0 Å². The van der Waals surface area contributed by atoms with Crippen molar-refractivity contribution in [3.05, 3.63) is 40.2 Å². The Labute approximate surface area is 119 Å². The normalized spacial score (nSPS) is 11.1. The van der Waals surface area contributed by atoms with Crippen LogP contribution in [0.4, 0.5) is 13.2 Å². The van der Waals surface area contributed by atoms with Gasteiger partial charge in [0.15, 0.2) is 0 Å². The van der Waals surface area contributed by atoms with Gasteiger partial charge in [0.05, 0.1) is 11.3 Å². The van der Waals surface area contributed by atoms with Crippen LogP contribution in [0, 0.1) is 24.4 Å². The summed E-state index contributed by atoms with van der Waals surface area (Å²) in [6.45, 7) is 5.33. The van der Waals surface area contributed by atoms with Crippen LogP contribution < -0.4 is 5.32 Å². The van der Waals surface area contributed by atoms with Gasteiger partial charge in [-0.05, 0) is 19.9 Å². The van der Waals surface area contributed by atoms with Gasteiger partial charge in [0.25, 0.3) is 0 Å². The van der Waals surface area contributed by atoms with Crippen molar-refractivity contribution in [3.63, 3.8) is 0 Å². The highest BCUT2D eigenvalue weighted by molar-refractivity contribution is 7.15. The molecular formula is C14H15F3N2S. The topological polar surface area (TPSA) is 24.9 Å². The summed E-state index contributed by atoms with van der Waals surface area (Å²) in [6, 6.07) is 1.34. The van der Waals surface area contributed by atoms with Crippen molar-refractivity contribution >= 4 is 11.3 Å². The Balaban J connectivity index is 2.32. The molecule has 0 aliphatic rings. The minimum atomic E-state index is -0.929. The maximum absolute atomic E-state index is 13.7. The van der Waals surface area contributed by atoms with Crippen molar-refractivity contribution in [2.75, 3.05) is 6.54 Å². The lowest BCUT2D eigenvalue weighted by molar-refractivity contribution is 0.548. The van der Waals surface area contributed by atoms with Crippen molar-refractivity contribution in [2.45, 2.75) is 26.8 Å². The Morgan fingerprint density at radius 3 is 2.45 bits per heavy atom. The van der Waals surface area contributed by atoms with Gasteiger partial charge < -0.3 is 5.32 Å². The number of rotatable bonds is 5. The molecule has 1 aromatic carbocycles. The largest absolute Gasteiger partial charge is 0.312 e. The number of hydrogen-bond acceptors (Lipinski definition) is 3. The van der Waals surface area contributed by atoms with Crippen LogP contribution in [-0.2, 0) is 6.54 Å². The Hall–Kier alpha value is -1.40. The number of nitrogens with zero attached hydrogens (tertiary/aromatic N) is 1. The average molecular weight is 300 g/mol. The van der Waals surface area contributed by atoms with E-state index in [-0.39, 0.29) is 10.6 Å². The van der Waals surface area contributed by atoms with Gasteiger partial charge >= 0.3 is 0 Å². The fourth-order valence-corrected chi connectivity index (χ4v) is 2.90. The lowest BCUT2D eigenvalue weighted by Gasteiger charge is -2.01. The standard InChI is InChI=1S/C14H15F3N2S/c1-3-4-18-7-12-8(2)19-14(20-12)13-10(16)5-9(15)6-11(13)17/h5-6,18H,3-4,7H2,1-2H3. The van der Waals surface area contributed by atoms with Crippen LogP contribution in [0.3, 0.4) is 0 Å². The second kappa shape index (κ2) is 6.37. The van der Waals surface area contributed by atoms with Gasteiger partial charge in [-0.25, -0.2) is 18.2 Å². The van der Waals surface area contributed by atoms with E-state index in [2.05, 4.69) is 17.2 Å². The van der Waals surface area contributed by atoms with E-state index in [9.17, 15) is 13.2 Å². The van der Waals surface area contributed by atoms with E-state index in [1.165, 1.54) is 11.3 Å². The molecule has 1 aromatic heterocycles. The quantitative estimate of drug-likeness (QED) is 0.843. The Bertz CT molecular complexity index is 587. The summed E-state index contributed by atoms with van der Waals surface area (Å²) in [4.78, 5) is 5.11. The fourth-order valence-electron chi connectivity index (χ4n) is 1.82. The molecule has 0 amide bonds. The van der Waals surface area contributed by atoms with Gasteiger partial charge in [0, 0.05) is 23.6 Å². The number of aryl methyl sites for hydroxylation is 1. The number of hydrogen-bond donors (Lipinski definition) is 1. The molecule has 6 heteroatoms. The zero-order valence-corrected chi connectivity index (χ0v) is 12.1. The summed E-state index contributed by atoms with van der Waals surface area (Å²) in [5, 5.41) is 3.46. The first-order valence-corrected chi connectivity index (χ1v) is 7.16. The Kier molecular flexibility index (Phi) is 4.77. The van der Waals surface area contributed by atoms with E-state index < -0.39 is 17.5 Å². The van der Waals surface area contributed by atoms with E-state index in [1.54, 1.807) is 6.92 Å². The Morgan fingerprint density at radius 1 is 1.20 bits per heavy atom. The maximum Gasteiger partial charge on any atom is 0.139 e. The molecule has 108 valence electrons. The third-order valence-corrected chi connectivity index (χ3v) is 4.00. The first kappa shape index (κ1) is 15.0. The first-order valence-electron chi connectivity index (χ1n) is 6.34. The minimum Gasteiger partial charge on any atom is -0.312 e. The lowest BCUT2D eigenvalue weighted by atomic mass is 10.2. The van der Waals surface area contributed by atoms with E-state index in [0.29, 0.717) is 18.7 Å². The fraction of sp³-hybridized carbons (Fsp3) is 0.357. The van der Waals surface area contributed by atoms with Crippen LogP contribution in [0.2, 0.25) is 0 Å². The summed E-state index contributed by atoms with van der Waals surface area (Å²) < 4.78 is 40.3. The van der Waals surface area contributed by atoms with Crippen LogP contribution in [0.5, 0.6) is 0 Å². The van der Waals surface area contributed by atoms with Gasteiger partial charge in [-0.15, -0.1) is 11.3 Å². The molecule has 20 heavy (non-hydrogen) atoms. The SMILES string of the molecule is CCCNCc1sc(-c2c(F)cc(F)cc2F)nc1C. The van der Waals surface area contributed by atoms with Gasteiger partial charge in [-0.1, -0.05) is 6.92 Å². The van der Waals surface area contributed by atoms with Crippen molar-refractivity contribution in [1.82, 2.24) is 10.3 Å². The van der Waals surface area contributed by atoms with Gasteiger partial charge in [0.2, 0.25) is 0 Å². The highest BCUT2D eigenvalue weighted by Crippen LogP contribution is 2.32. The molecule has 0 aliphatic heterocycles. The maximum atomic E-state index is 13.7. The monoisotopic (exact) mass is 300 g/mol. The second-order valence-corrected chi connectivity index (χ2v) is 5.53. The molecule has 0 saturated carbocycles. The number of halogens is 3. The molecule has 0 atom stereocenters. The molecule has 0 fully saturated rings. The predicted octanol–water partition coefficient (Wildman–Crippen LogP) is 4.04. The molecule has 0 unspecified atom stereocenters. The molecular weight excluding hydrogens is 285 g/mol. The summed E-state index contributed by atoms with van der Waals surface area (Å²) >= 11 is 1.22. The van der Waals surface area contributed by atoms with Crippen molar-refractivity contribution < 1.29 is 13.2 Å². The van der Waals surface area contributed by atoms with Crippen molar-refractivity contribution in [1.29, 1.82) is 0 Å². The number of benzene rings is 1. The third-order valence-electron chi connectivity index (χ3n) is 2.83. The zero-order chi connectivity index (χ0) is 14.7. The third kappa shape index (κ3) is 3.19. The molecule has 2 rings (SSSR count). The Morgan fingerprint density at radius 2 is 1.85 bits per heavy atom. The van der Waals surface area contributed by atoms with Gasteiger partial charge in [-0.2, -0.15) is 0 Å². The number of nitrogens with one attached hydrogen (secondary N) is 1. The molecule has 1 heterocycles. The van der Waals surface area contributed by atoms with E-state index in [4.69, 9.17) is 0 Å². The summed E-state index contributed by atoms with van der Waals surface area (Å²) in [7, 11) is 0. The molecule has 0 radical (unpaired) electrons. The molecule has 2 nitrogen and oxygen atoms in total. The average Bonchev–Trinajstić information content (AvgIpc) is 2.69. The van der Waals surface area contributed by atoms with Crippen LogP contribution in [0.1, 0.15) is 23.9 Å². The minimum absolute atomic E-state index is 0.241. The van der Waals surface area contributed by atoms with E-state index >= 15 is 0 Å². The highest BCUT2D eigenvalue weighted by atomic mass is 32.1. The smallest absolute Gasteiger partial charge is 0.139 e. The lowest BCUT2D eigenvalue weighted by Crippen LogP contribution is -2.13. The molecule has 1 N–H and O–H groups in total. The molecule has 2 aromatic rings. The predicted molar refractivity (Wildman–Crippen MR) is 74.2 cm³/mol. The highest BCUT2D eigenvalue weighted by Gasteiger charge is 2.18. The summed E-state index contributed by atoms with van der Waals surface area (Å²) in [5.74, 6) is -2.78. The van der Waals surface area contributed by atoms with Crippen LogP contribution in [0.15, 0.2) is 12.1 Å². The van der Waals surface area contributed by atoms with Crippen LogP contribution >= 0.6 is 11.3 Å². The van der Waals surface area contributed by atoms with Crippen LogP contribution in [-0.4, -0.2) is 11.5 Å². The zero-order valence-electron chi connectivity index (χ0n) is 11.3. The van der Waals surface area contributed by atoms with Crippen LogP contribution in [0.25, 0.3) is 10.6 Å². The van der Waals surface area contributed by atoms with Crippen molar-refractivity contribution in [2.24, 2.45) is 0 Å². The van der Waals surface area contributed by atoms with E-state index in [0.717, 1.165) is 23.5 Å². The molecule has 0 bridgehead atoms. The second-order valence-electron chi connectivity index (χ2n) is 4.45. The van der Waals surface area contributed by atoms with Crippen molar-refractivity contribution in [3.8, 4) is 10.6 Å². The van der Waals surface area contributed by atoms with E-state index in [1.807, 2.05) is 0 Å². The number of thiazole rings is 1. The summed E-state index contributed by atoms with van der Waals surface area (Å²) in [5.41, 5.74) is 0.470. The summed E-state index contributed by atoms with van der Waals surface area (Å²) in [6.07, 6.45) is 1.01. The molecule has 0 spiro atoms. The van der Waals surface area contributed by atoms with Gasteiger partial charge in [0.1, 0.15) is 22.5 Å². The number of aromatic nitrogens is 1. The molecule has 0 aliphatic carbocycles. The first-order chi connectivity index (χ1) is 9.52. The molecule has 0 saturated heterocycles.